The van der Waals surface area contributed by atoms with E-state index < -0.39 is 50.5 Å². The number of alkyl halides is 5. The minimum absolute atomic E-state index is 0.269. The summed E-state index contributed by atoms with van der Waals surface area (Å²) in [6, 6.07) is 14.7. The Morgan fingerprint density at radius 1 is 0.788 bits per heavy atom. The van der Waals surface area contributed by atoms with Gasteiger partial charge in [-0.3, -0.25) is 0 Å². The third-order valence-electron chi connectivity index (χ3n) is 5.86. The van der Waals surface area contributed by atoms with Crippen molar-refractivity contribution in [3.8, 4) is 11.5 Å². The Kier molecular flexibility index (Phi) is 5.61. The van der Waals surface area contributed by atoms with Crippen LogP contribution in [0.3, 0.4) is 0 Å². The van der Waals surface area contributed by atoms with Gasteiger partial charge in [-0.05, 0) is 23.3 Å². The van der Waals surface area contributed by atoms with Crippen LogP contribution in [0.4, 0.5) is 30.7 Å². The molecule has 3 aromatic carbocycles. The maximum absolute atomic E-state index is 14.1. The lowest BCUT2D eigenvalue weighted by Gasteiger charge is -2.16. The Hall–Kier alpha value is -2.45. The average molecular weight is 509 g/mol. The number of rotatable bonds is 4. The highest BCUT2D eigenvalue weighted by Crippen LogP contribution is 2.74. The van der Waals surface area contributed by atoms with Crippen molar-refractivity contribution < 1.29 is 35.5 Å². The van der Waals surface area contributed by atoms with Crippen LogP contribution in [0.25, 0.3) is 0 Å². The van der Waals surface area contributed by atoms with Gasteiger partial charge in [-0.15, -0.1) is 0 Å². The van der Waals surface area contributed by atoms with E-state index >= 15 is 0 Å². The van der Waals surface area contributed by atoms with Gasteiger partial charge in [-0.25, -0.2) is 8.78 Å². The van der Waals surface area contributed by atoms with E-state index in [2.05, 4.69) is 0 Å². The van der Waals surface area contributed by atoms with Crippen LogP contribution in [-0.4, -0.2) is 4.33 Å². The number of benzene rings is 3. The summed E-state index contributed by atoms with van der Waals surface area (Å²) in [5.74, 6) is -12.0. The summed E-state index contributed by atoms with van der Waals surface area (Å²) in [6.45, 7) is 1.82. The molecule has 4 rings (SSSR count). The van der Waals surface area contributed by atoms with Crippen molar-refractivity contribution in [2.75, 3.05) is 0 Å². The second kappa shape index (κ2) is 7.81. The smallest absolute Gasteiger partial charge is 0.422 e. The first kappa shape index (κ1) is 23.7. The third-order valence-corrected chi connectivity index (χ3v) is 7.08. The Balaban J connectivity index is 1.65. The summed E-state index contributed by atoms with van der Waals surface area (Å²) in [7, 11) is 0. The molecule has 1 nitrogen and oxygen atoms in total. The van der Waals surface area contributed by atoms with Crippen LogP contribution in [-0.2, 0) is 11.6 Å². The quantitative estimate of drug-likeness (QED) is 0.195. The highest BCUT2D eigenvalue weighted by Gasteiger charge is 2.74. The van der Waals surface area contributed by atoms with Gasteiger partial charge >= 0.3 is 6.18 Å². The normalized spacial score (nSPS) is 21.7. The number of hydrogen-bond acceptors (Lipinski definition) is 1. The molecule has 0 aliphatic heterocycles. The van der Waals surface area contributed by atoms with Crippen LogP contribution in [0.1, 0.15) is 29.5 Å². The van der Waals surface area contributed by atoms with E-state index in [4.69, 9.17) is 27.9 Å². The lowest BCUT2D eigenvalue weighted by atomic mass is 9.92. The van der Waals surface area contributed by atoms with Crippen LogP contribution in [0.2, 0.25) is 0 Å². The second-order valence-electron chi connectivity index (χ2n) is 7.75. The average Bonchev–Trinajstić information content (AvgIpc) is 3.22. The van der Waals surface area contributed by atoms with Gasteiger partial charge in [-0.1, -0.05) is 72.6 Å². The zero-order chi connectivity index (χ0) is 24.3. The van der Waals surface area contributed by atoms with E-state index in [1.165, 1.54) is 24.3 Å². The Morgan fingerprint density at radius 2 is 1.30 bits per heavy atom. The first-order valence-corrected chi connectivity index (χ1v) is 10.2. The SMILES string of the molecule is CC1(c2ccc(Oc3c(F)c(F)c(C(F)(F)F)c(F)c3F)cc2)C(c2ccccc2)C1(Cl)Cl. The Labute approximate surface area is 193 Å². The lowest BCUT2D eigenvalue weighted by molar-refractivity contribution is -0.143. The van der Waals surface area contributed by atoms with E-state index in [-0.39, 0.29) is 11.7 Å². The predicted octanol–water partition coefficient (Wildman–Crippen LogP) is 8.28. The number of hydrogen-bond donors (Lipinski definition) is 0. The molecule has 2 unspecified atom stereocenters. The molecule has 0 aromatic heterocycles. The largest absolute Gasteiger partial charge is 0.451 e. The van der Waals surface area contributed by atoms with Crippen molar-refractivity contribution in [1.29, 1.82) is 0 Å². The van der Waals surface area contributed by atoms with Gasteiger partial charge in [0.05, 0.1) is 0 Å². The molecule has 0 amide bonds. The van der Waals surface area contributed by atoms with Gasteiger partial charge in [0, 0.05) is 11.3 Å². The number of halogens is 9. The van der Waals surface area contributed by atoms with Gasteiger partial charge in [0.15, 0.2) is 11.6 Å². The maximum atomic E-state index is 14.1. The van der Waals surface area contributed by atoms with Gasteiger partial charge in [0.25, 0.3) is 0 Å². The fourth-order valence-corrected chi connectivity index (χ4v) is 5.03. The molecule has 1 aliphatic rings. The fraction of sp³-hybridized carbons (Fsp3) is 0.217. The summed E-state index contributed by atoms with van der Waals surface area (Å²) < 4.78 is 97.7. The summed E-state index contributed by atoms with van der Waals surface area (Å²) in [5, 5.41) is 0. The molecule has 0 spiro atoms. The molecule has 1 fully saturated rings. The molecule has 0 heterocycles. The van der Waals surface area contributed by atoms with Crippen molar-refractivity contribution in [3.63, 3.8) is 0 Å². The van der Waals surface area contributed by atoms with Gasteiger partial charge in [0.1, 0.15) is 15.6 Å². The van der Waals surface area contributed by atoms with E-state index in [1.54, 1.807) is 0 Å². The number of ether oxygens (including phenoxy) is 1. The summed E-state index contributed by atoms with van der Waals surface area (Å²) in [6.07, 6.45) is -5.64. The van der Waals surface area contributed by atoms with Crippen molar-refractivity contribution in [3.05, 3.63) is 94.6 Å². The van der Waals surface area contributed by atoms with Crippen molar-refractivity contribution in [2.45, 2.75) is 28.8 Å². The van der Waals surface area contributed by atoms with Gasteiger partial charge < -0.3 is 4.74 Å². The third kappa shape index (κ3) is 3.64. The summed E-state index contributed by atoms with van der Waals surface area (Å²) in [4.78, 5) is 0. The molecule has 2 atom stereocenters. The molecule has 0 bridgehead atoms. The van der Waals surface area contributed by atoms with Gasteiger partial charge in [-0.2, -0.15) is 22.0 Å². The topological polar surface area (TPSA) is 9.23 Å². The minimum atomic E-state index is -5.64. The molecule has 10 heteroatoms. The van der Waals surface area contributed by atoms with Gasteiger partial charge in [0.2, 0.25) is 17.4 Å². The second-order valence-corrected chi connectivity index (χ2v) is 9.14. The molecule has 0 radical (unpaired) electrons. The van der Waals surface area contributed by atoms with Crippen molar-refractivity contribution in [1.82, 2.24) is 0 Å². The fourth-order valence-electron chi connectivity index (χ4n) is 4.02. The van der Waals surface area contributed by atoms with Crippen molar-refractivity contribution >= 4 is 23.2 Å². The molecule has 0 saturated heterocycles. The van der Waals surface area contributed by atoms with E-state index in [0.29, 0.717) is 5.56 Å². The minimum Gasteiger partial charge on any atom is -0.451 e. The predicted molar refractivity (Wildman–Crippen MR) is 109 cm³/mol. The van der Waals surface area contributed by atoms with E-state index in [0.717, 1.165) is 5.56 Å². The van der Waals surface area contributed by atoms with Crippen LogP contribution >= 0.6 is 23.2 Å². The Morgan fingerprint density at radius 3 is 1.79 bits per heavy atom. The van der Waals surface area contributed by atoms with E-state index in [1.807, 2.05) is 37.3 Å². The first-order chi connectivity index (χ1) is 15.3. The molecular weight excluding hydrogens is 496 g/mol. The summed E-state index contributed by atoms with van der Waals surface area (Å²) >= 11 is 13.1. The Bertz CT molecular complexity index is 1180. The molecule has 1 saturated carbocycles. The molecule has 0 N–H and O–H groups in total. The monoisotopic (exact) mass is 508 g/mol. The molecule has 33 heavy (non-hydrogen) atoms. The lowest BCUT2D eigenvalue weighted by Crippen LogP contribution is -2.15. The first-order valence-electron chi connectivity index (χ1n) is 9.46. The maximum Gasteiger partial charge on any atom is 0.422 e. The zero-order valence-electron chi connectivity index (χ0n) is 16.6. The standard InChI is InChI=1S/C23H13Cl2F7O/c1-21(20(22(21,24)25)11-5-3-2-4-6-11)12-7-9-13(10-8-12)33-19-17(28)15(26)14(23(30,31)32)16(27)18(19)29/h2-10,20H,1H3. The van der Waals surface area contributed by atoms with Crippen LogP contribution in [0.15, 0.2) is 54.6 Å². The molecule has 174 valence electrons. The molecule has 3 aromatic rings. The van der Waals surface area contributed by atoms with Crippen molar-refractivity contribution in [2.24, 2.45) is 0 Å². The highest BCUT2D eigenvalue weighted by atomic mass is 35.5. The summed E-state index contributed by atoms with van der Waals surface area (Å²) in [5.41, 5.74) is -1.88. The highest BCUT2D eigenvalue weighted by molar-refractivity contribution is 6.53. The van der Waals surface area contributed by atoms with Crippen LogP contribution in [0, 0.1) is 23.3 Å². The molecule has 1 aliphatic carbocycles. The van der Waals surface area contributed by atoms with Crippen LogP contribution < -0.4 is 4.74 Å². The van der Waals surface area contributed by atoms with Crippen LogP contribution in [0.5, 0.6) is 11.5 Å². The molecular formula is C23H13Cl2F7O. The zero-order valence-corrected chi connectivity index (χ0v) is 18.1. The van der Waals surface area contributed by atoms with E-state index in [9.17, 15) is 30.7 Å².